The molecule has 0 bridgehead atoms. The van der Waals surface area contributed by atoms with Crippen LogP contribution < -0.4 is 0 Å². The molecule has 128 heavy (non-hydrogen) atoms. The fourth-order valence-electron chi connectivity index (χ4n) is 19.5. The van der Waals surface area contributed by atoms with E-state index in [0.29, 0.717) is 17.8 Å². The monoisotopic (exact) mass is 1640 g/mol. The Hall–Kier alpha value is -17.8. The van der Waals surface area contributed by atoms with Crippen molar-refractivity contribution >= 4 is 192 Å². The number of nitrogens with zero attached hydrogens (tertiary/aromatic N) is 16. The molecule has 11 aromatic heterocycles. The molecule has 0 spiro atoms. The summed E-state index contributed by atoms with van der Waals surface area (Å²) in [4.78, 5) is 44.3. The first-order chi connectivity index (χ1) is 63.4. The van der Waals surface area contributed by atoms with Crippen LogP contribution in [0.5, 0.6) is 0 Å². The van der Waals surface area contributed by atoms with Gasteiger partial charge in [0.25, 0.3) is 0 Å². The lowest BCUT2D eigenvalue weighted by Gasteiger charge is -2.12. The number of fused-ring (bicyclic) bond motifs is 30. The minimum absolute atomic E-state index is 0.600. The van der Waals surface area contributed by atoms with Gasteiger partial charge in [-0.2, -0.15) is 0 Å². The lowest BCUT2D eigenvalue weighted by Crippen LogP contribution is -2.01. The van der Waals surface area contributed by atoms with Crippen LogP contribution in [0.25, 0.3) is 249 Å². The third kappa shape index (κ3) is 10.9. The Balaban J connectivity index is 0.0000000995. The molecule has 0 saturated carbocycles. The Labute approximate surface area is 726 Å². The topological polar surface area (TPSA) is 162 Å². The Morgan fingerprint density at radius 2 is 0.492 bits per heavy atom. The highest BCUT2D eigenvalue weighted by Gasteiger charge is 2.26. The third-order valence-electron chi connectivity index (χ3n) is 25.4. The number of rotatable bonds is 7. The summed E-state index contributed by atoms with van der Waals surface area (Å²) in [5, 5.41) is 15.4. The second-order valence-electron chi connectivity index (χ2n) is 32.6. The predicted molar refractivity (Wildman–Crippen MR) is 518 cm³/mol. The molecule has 0 N–H and O–H groups in total. The predicted octanol–water partition coefficient (Wildman–Crippen LogP) is 26.6. The zero-order chi connectivity index (χ0) is 83.8. The van der Waals surface area contributed by atoms with Crippen molar-refractivity contribution in [2.24, 2.45) is 0 Å². The van der Waals surface area contributed by atoms with E-state index in [0.717, 1.165) is 172 Å². The maximum Gasteiger partial charge on any atom is 0.237 e. The molecule has 17 heteroatoms. The van der Waals surface area contributed by atoms with Gasteiger partial charge in [0, 0.05) is 62.0 Å². The maximum atomic E-state index is 6.06. The van der Waals surface area contributed by atoms with Crippen LogP contribution in [-0.4, -0.2) is 76.3 Å². The molecule has 0 aliphatic heterocycles. The molecule has 29 rings (SSSR count). The zero-order valence-corrected chi connectivity index (χ0v) is 68.2. The van der Waals surface area contributed by atoms with Crippen LogP contribution in [-0.2, 0) is 0 Å². The average Bonchev–Trinajstić information content (AvgIpc) is 1.55. The second kappa shape index (κ2) is 27.8. The quantitative estimate of drug-likeness (QED) is 0.140. The van der Waals surface area contributed by atoms with E-state index < -0.39 is 0 Å². The van der Waals surface area contributed by atoms with Crippen molar-refractivity contribution in [3.8, 4) is 56.9 Å². The number of furan rings is 1. The van der Waals surface area contributed by atoms with E-state index >= 15 is 0 Å². The molecule has 17 nitrogen and oxygen atoms in total. The number of benzene rings is 18. The first-order valence-electron chi connectivity index (χ1n) is 42.7. The summed E-state index contributed by atoms with van der Waals surface area (Å²) in [6.45, 7) is 0. The molecule has 0 atom stereocenters. The third-order valence-corrected chi connectivity index (χ3v) is 25.4. The molecular weight excluding hydrogens is 1570 g/mol. The van der Waals surface area contributed by atoms with E-state index in [2.05, 4.69) is 298 Å². The molecule has 0 aliphatic rings. The molecule has 18 aromatic carbocycles. The smallest absolute Gasteiger partial charge is 0.237 e. The van der Waals surface area contributed by atoms with Crippen molar-refractivity contribution in [3.05, 3.63) is 401 Å². The molecule has 0 radical (unpaired) electrons. The van der Waals surface area contributed by atoms with Crippen LogP contribution in [0.2, 0.25) is 0 Å². The lowest BCUT2D eigenvalue weighted by atomic mass is 9.92. The number of aromatic nitrogens is 16. The van der Waals surface area contributed by atoms with E-state index in [-0.39, 0.29) is 0 Å². The van der Waals surface area contributed by atoms with Gasteiger partial charge in [0.2, 0.25) is 35.2 Å². The Morgan fingerprint density at radius 1 is 0.180 bits per heavy atom. The summed E-state index contributed by atoms with van der Waals surface area (Å²) in [5.41, 5.74) is 27.0. The van der Waals surface area contributed by atoms with Gasteiger partial charge >= 0.3 is 0 Å². The number of para-hydroxylation sites is 12. The molecule has 11 heterocycles. The summed E-state index contributed by atoms with van der Waals surface area (Å²) < 4.78 is 21.3. The van der Waals surface area contributed by atoms with Crippen molar-refractivity contribution in [1.29, 1.82) is 0 Å². The summed E-state index contributed by atoms with van der Waals surface area (Å²) in [5.74, 6) is 4.19. The number of hydrogen-bond donors (Lipinski definition) is 0. The van der Waals surface area contributed by atoms with Gasteiger partial charge in [-0.25, -0.2) is 58.6 Å². The summed E-state index contributed by atoms with van der Waals surface area (Å²) in [6.07, 6.45) is 5.65. The molecule has 0 aliphatic carbocycles. The van der Waals surface area contributed by atoms with Gasteiger partial charge in [0.1, 0.15) is 11.2 Å². The highest BCUT2D eigenvalue weighted by molar-refractivity contribution is 6.26. The summed E-state index contributed by atoms with van der Waals surface area (Å²) in [7, 11) is 0. The highest BCUT2D eigenvalue weighted by Crippen LogP contribution is 2.43. The van der Waals surface area contributed by atoms with Crippen molar-refractivity contribution in [2.45, 2.75) is 0 Å². The largest absolute Gasteiger partial charge is 0.456 e. The minimum Gasteiger partial charge on any atom is -0.456 e. The van der Waals surface area contributed by atoms with Gasteiger partial charge in [-0.3, -0.25) is 13.2 Å². The van der Waals surface area contributed by atoms with Crippen LogP contribution in [0.3, 0.4) is 0 Å². The van der Waals surface area contributed by atoms with Gasteiger partial charge in [-0.1, -0.05) is 237 Å². The summed E-state index contributed by atoms with van der Waals surface area (Å²) in [6, 6.07) is 134. The van der Waals surface area contributed by atoms with Crippen LogP contribution in [0.1, 0.15) is 0 Å². The van der Waals surface area contributed by atoms with Crippen molar-refractivity contribution in [1.82, 2.24) is 76.3 Å². The van der Waals surface area contributed by atoms with Crippen molar-refractivity contribution in [2.75, 3.05) is 0 Å². The van der Waals surface area contributed by atoms with Crippen LogP contribution in [0.15, 0.2) is 405 Å². The van der Waals surface area contributed by atoms with Gasteiger partial charge < -0.3 is 8.98 Å². The zero-order valence-electron chi connectivity index (χ0n) is 68.2. The first kappa shape index (κ1) is 70.8. The molecule has 29 aromatic rings. The van der Waals surface area contributed by atoms with E-state index in [1.807, 2.05) is 134 Å². The van der Waals surface area contributed by atoms with E-state index in [1.54, 1.807) is 0 Å². The van der Waals surface area contributed by atoms with E-state index in [1.165, 1.54) is 59.7 Å². The van der Waals surface area contributed by atoms with Gasteiger partial charge in [0.15, 0.2) is 0 Å². The molecule has 596 valence electrons. The van der Waals surface area contributed by atoms with E-state index in [4.69, 9.17) is 49.3 Å². The van der Waals surface area contributed by atoms with Crippen molar-refractivity contribution < 1.29 is 4.42 Å². The highest BCUT2D eigenvalue weighted by atomic mass is 16.3. The van der Waals surface area contributed by atoms with Gasteiger partial charge in [-0.15, -0.1) is 0 Å². The molecule has 0 fully saturated rings. The molecule has 0 unspecified atom stereocenters. The lowest BCUT2D eigenvalue weighted by molar-refractivity contribution is 0.669. The average molecular weight is 1640 g/mol. The molecule has 0 saturated heterocycles. The number of imidazole rings is 6. The van der Waals surface area contributed by atoms with Crippen LogP contribution in [0.4, 0.5) is 0 Å². The second-order valence-corrected chi connectivity index (χ2v) is 32.6. The van der Waals surface area contributed by atoms with Gasteiger partial charge in [-0.05, 0) is 211 Å². The Morgan fingerprint density at radius 3 is 0.953 bits per heavy atom. The normalized spacial score (nSPS) is 12.1. The van der Waals surface area contributed by atoms with Gasteiger partial charge in [0.05, 0.1) is 93.8 Å². The fraction of sp³-hybridized carbons (Fsp3) is 0. The Bertz CT molecular complexity index is 9690. The summed E-state index contributed by atoms with van der Waals surface area (Å²) >= 11 is 0. The van der Waals surface area contributed by atoms with Crippen molar-refractivity contribution in [3.63, 3.8) is 0 Å². The maximum absolute atomic E-state index is 6.06. The standard InChI is InChI=1S/C39H24N6.C39H23N5.C33H19N5O/c1-2-11-28(12-3-1)43-33-16-8-5-13-29(33)30-22-25(18-20-34(30)43)26-19-21-36-37(23-26)44-35-17-9-7-15-32(35)42-39(44)45(36)38-40-24-27-10-4-6-14-31(27)41-38;1-6-14-33-26(9-1)23-40-38(41-33)44-36-20-18-25(22-37(36)43-35-16-8-7-15-34(35)42-39(43)44)24-17-19-31-29-12-3-2-10-27(29)28-11-4-5-13-30(28)32(31)21-24;1-3-9-25-22(7-1)19-34-32(35-25)38-28-15-13-21(18-29(28)37-27-11-5-4-10-26(27)36-33(37)38)20-14-16-31-24(17-20)23-8-2-6-12-30(23)39-31/h1-24H;1-23H;1-19H. The first-order valence-corrected chi connectivity index (χ1v) is 42.7. The SMILES string of the molecule is c1ccc(-n2c3ccccc3c3cc(-c4ccc5c(c4)n4c6ccccc6nc4n5-c4ncc5ccccc5n4)ccc32)cc1.c1ccc2nc(-n3c4ccc(-c5ccc6c7ccccc7c7ccccc7c6c5)cc4n4c5ccccc5nc34)ncc2c1.c1ccc2nc(-n3c4ccc(-c5ccc6oc7ccccc7c6c5)cc4n4c5ccccc5nc34)ncc2c1. The fourth-order valence-corrected chi connectivity index (χ4v) is 19.5. The van der Waals surface area contributed by atoms with Crippen LogP contribution >= 0.6 is 0 Å². The molecule has 0 amide bonds. The van der Waals surface area contributed by atoms with E-state index in [9.17, 15) is 0 Å². The van der Waals surface area contributed by atoms with Crippen LogP contribution in [0, 0.1) is 0 Å². The molecular formula is C111H66N16O. The minimum atomic E-state index is 0.600. The Kier molecular flexibility index (Phi) is 15.4. The number of hydrogen-bond acceptors (Lipinski definition) is 10.